The molecule has 2 aromatic rings. The summed E-state index contributed by atoms with van der Waals surface area (Å²) < 4.78 is 6.04. The average molecular weight is 325 g/mol. The second kappa shape index (κ2) is 6.85. The highest BCUT2D eigenvalue weighted by atomic mass is 35.5. The molecule has 1 heterocycles. The SMILES string of the molecule is CC(OC(N)=O)C(=O)NCc1cc(Cl)ccc1-n1cnnn1. The van der Waals surface area contributed by atoms with Gasteiger partial charge in [0, 0.05) is 11.6 Å². The Morgan fingerprint density at radius 3 is 2.91 bits per heavy atom. The molecule has 0 fully saturated rings. The molecule has 2 rings (SSSR count). The van der Waals surface area contributed by atoms with Gasteiger partial charge in [-0.05, 0) is 41.1 Å². The fourth-order valence-corrected chi connectivity index (χ4v) is 1.94. The van der Waals surface area contributed by atoms with Crippen LogP contribution in [0.3, 0.4) is 0 Å². The molecule has 0 aliphatic heterocycles. The molecule has 2 amide bonds. The van der Waals surface area contributed by atoms with Crippen LogP contribution >= 0.6 is 11.6 Å². The molecule has 1 aromatic carbocycles. The van der Waals surface area contributed by atoms with Crippen LogP contribution in [0.2, 0.25) is 5.02 Å². The van der Waals surface area contributed by atoms with Crippen molar-refractivity contribution in [3.8, 4) is 5.69 Å². The highest BCUT2D eigenvalue weighted by Gasteiger charge is 2.16. The summed E-state index contributed by atoms with van der Waals surface area (Å²) in [4.78, 5) is 22.4. The van der Waals surface area contributed by atoms with Crippen molar-refractivity contribution >= 4 is 23.6 Å². The van der Waals surface area contributed by atoms with Crippen molar-refractivity contribution in [1.82, 2.24) is 25.5 Å². The van der Waals surface area contributed by atoms with E-state index in [-0.39, 0.29) is 6.54 Å². The van der Waals surface area contributed by atoms with E-state index in [2.05, 4.69) is 25.6 Å². The van der Waals surface area contributed by atoms with E-state index in [9.17, 15) is 9.59 Å². The summed E-state index contributed by atoms with van der Waals surface area (Å²) in [6.07, 6.45) is -0.583. The molecule has 0 spiro atoms. The Hall–Kier alpha value is -2.68. The lowest BCUT2D eigenvalue weighted by Crippen LogP contribution is -2.36. The Bertz CT molecular complexity index is 676. The first-order valence-corrected chi connectivity index (χ1v) is 6.60. The minimum Gasteiger partial charge on any atom is -0.437 e. The van der Waals surface area contributed by atoms with Crippen LogP contribution in [0.4, 0.5) is 4.79 Å². The molecule has 0 radical (unpaired) electrons. The molecule has 1 atom stereocenters. The third-order valence-corrected chi connectivity index (χ3v) is 2.99. The standard InChI is InChI=1S/C12H13ClN6O3/c1-7(22-12(14)21)11(20)15-5-8-4-9(13)2-3-10(8)19-6-16-17-18-19/h2-4,6-7H,5H2,1H3,(H2,14,21)(H,15,20). The first-order chi connectivity index (χ1) is 10.5. The Labute approximate surface area is 130 Å². The van der Waals surface area contributed by atoms with Crippen molar-refractivity contribution in [2.45, 2.75) is 19.6 Å². The highest BCUT2D eigenvalue weighted by Crippen LogP contribution is 2.18. The van der Waals surface area contributed by atoms with Gasteiger partial charge in [-0.15, -0.1) is 5.10 Å². The van der Waals surface area contributed by atoms with E-state index in [1.807, 2.05) is 0 Å². The number of nitrogens with one attached hydrogen (secondary N) is 1. The number of tetrazole rings is 1. The third kappa shape index (κ3) is 3.92. The summed E-state index contributed by atoms with van der Waals surface area (Å²) in [5, 5.41) is 14.0. The predicted octanol–water partition coefficient (Wildman–Crippen LogP) is 0.416. The zero-order chi connectivity index (χ0) is 16.1. The number of halogens is 1. The molecule has 1 aromatic heterocycles. The number of amides is 2. The van der Waals surface area contributed by atoms with Crippen molar-refractivity contribution in [2.75, 3.05) is 0 Å². The second-order valence-electron chi connectivity index (χ2n) is 4.32. The van der Waals surface area contributed by atoms with E-state index in [1.54, 1.807) is 18.2 Å². The molecule has 1 unspecified atom stereocenters. The van der Waals surface area contributed by atoms with E-state index in [0.29, 0.717) is 16.3 Å². The zero-order valence-electron chi connectivity index (χ0n) is 11.6. The van der Waals surface area contributed by atoms with E-state index < -0.39 is 18.1 Å². The number of nitrogens with zero attached hydrogens (tertiary/aromatic N) is 4. The molecule has 22 heavy (non-hydrogen) atoms. The van der Waals surface area contributed by atoms with Crippen LogP contribution in [0.15, 0.2) is 24.5 Å². The molecule has 0 saturated carbocycles. The monoisotopic (exact) mass is 324 g/mol. The molecule has 0 aliphatic rings. The summed E-state index contributed by atoms with van der Waals surface area (Å²) in [6.45, 7) is 1.57. The average Bonchev–Trinajstić information content (AvgIpc) is 2.98. The number of ether oxygens (including phenoxy) is 1. The number of aromatic nitrogens is 4. The van der Waals surface area contributed by atoms with Crippen LogP contribution in [0.25, 0.3) is 5.69 Å². The molecule has 116 valence electrons. The third-order valence-electron chi connectivity index (χ3n) is 2.75. The van der Waals surface area contributed by atoms with Gasteiger partial charge in [-0.3, -0.25) is 4.79 Å². The van der Waals surface area contributed by atoms with Crippen LogP contribution in [0, 0.1) is 0 Å². The number of carbonyl (C=O) groups excluding carboxylic acids is 2. The van der Waals surface area contributed by atoms with Gasteiger partial charge in [-0.25, -0.2) is 9.48 Å². The lowest BCUT2D eigenvalue weighted by atomic mass is 10.1. The Kier molecular flexibility index (Phi) is 4.89. The zero-order valence-corrected chi connectivity index (χ0v) is 12.3. The lowest BCUT2D eigenvalue weighted by Gasteiger charge is -2.13. The van der Waals surface area contributed by atoms with Crippen molar-refractivity contribution < 1.29 is 14.3 Å². The summed E-state index contributed by atoms with van der Waals surface area (Å²) >= 11 is 5.97. The number of benzene rings is 1. The fraction of sp³-hybridized carbons (Fsp3) is 0.250. The quantitative estimate of drug-likeness (QED) is 0.820. The Balaban J connectivity index is 2.11. The van der Waals surface area contributed by atoms with Gasteiger partial charge < -0.3 is 15.8 Å². The number of nitrogens with two attached hydrogens (primary N) is 1. The van der Waals surface area contributed by atoms with Crippen LogP contribution in [0.5, 0.6) is 0 Å². The summed E-state index contributed by atoms with van der Waals surface area (Å²) in [7, 11) is 0. The second-order valence-corrected chi connectivity index (χ2v) is 4.76. The minimum atomic E-state index is -1.01. The summed E-state index contributed by atoms with van der Waals surface area (Å²) in [6, 6.07) is 5.09. The first-order valence-electron chi connectivity index (χ1n) is 6.23. The smallest absolute Gasteiger partial charge is 0.405 e. The maximum absolute atomic E-state index is 11.8. The molecule has 10 heteroatoms. The van der Waals surface area contributed by atoms with Crippen molar-refractivity contribution in [3.63, 3.8) is 0 Å². The highest BCUT2D eigenvalue weighted by molar-refractivity contribution is 6.30. The van der Waals surface area contributed by atoms with Crippen LogP contribution in [-0.2, 0) is 16.1 Å². The molecule has 9 nitrogen and oxygen atoms in total. The van der Waals surface area contributed by atoms with Gasteiger partial charge in [0.2, 0.25) is 0 Å². The van der Waals surface area contributed by atoms with Gasteiger partial charge in [-0.1, -0.05) is 11.6 Å². The molecule has 0 bridgehead atoms. The van der Waals surface area contributed by atoms with Crippen molar-refractivity contribution in [2.24, 2.45) is 5.73 Å². The largest absolute Gasteiger partial charge is 0.437 e. The number of primary amides is 1. The number of carbonyl (C=O) groups is 2. The number of hydrogen-bond donors (Lipinski definition) is 2. The van der Waals surface area contributed by atoms with Gasteiger partial charge >= 0.3 is 6.09 Å². The Morgan fingerprint density at radius 2 is 2.27 bits per heavy atom. The van der Waals surface area contributed by atoms with Gasteiger partial charge in [0.15, 0.2) is 6.10 Å². The van der Waals surface area contributed by atoms with Gasteiger partial charge in [0.05, 0.1) is 5.69 Å². The minimum absolute atomic E-state index is 0.154. The van der Waals surface area contributed by atoms with Gasteiger partial charge in [0.1, 0.15) is 6.33 Å². The molecule has 3 N–H and O–H groups in total. The normalized spacial score (nSPS) is 11.7. The first kappa shape index (κ1) is 15.7. The number of hydrogen-bond acceptors (Lipinski definition) is 6. The van der Waals surface area contributed by atoms with Crippen molar-refractivity contribution in [3.05, 3.63) is 35.1 Å². The van der Waals surface area contributed by atoms with Gasteiger partial charge in [-0.2, -0.15) is 0 Å². The maximum atomic E-state index is 11.8. The topological polar surface area (TPSA) is 125 Å². The molecule has 0 saturated heterocycles. The molecular formula is C12H13ClN6O3. The van der Waals surface area contributed by atoms with Gasteiger partial charge in [0.25, 0.3) is 5.91 Å². The summed E-state index contributed by atoms with van der Waals surface area (Å²) in [5.74, 6) is -0.485. The lowest BCUT2D eigenvalue weighted by molar-refractivity contribution is -0.128. The molecule has 0 aliphatic carbocycles. The van der Waals surface area contributed by atoms with Crippen LogP contribution < -0.4 is 11.1 Å². The van der Waals surface area contributed by atoms with E-state index in [4.69, 9.17) is 17.3 Å². The van der Waals surface area contributed by atoms with E-state index >= 15 is 0 Å². The van der Waals surface area contributed by atoms with Crippen LogP contribution in [0.1, 0.15) is 12.5 Å². The Morgan fingerprint density at radius 1 is 1.50 bits per heavy atom. The van der Waals surface area contributed by atoms with E-state index in [0.717, 1.165) is 0 Å². The predicted molar refractivity (Wildman–Crippen MR) is 76.1 cm³/mol. The summed E-state index contributed by atoms with van der Waals surface area (Å²) in [5.41, 5.74) is 6.22. The maximum Gasteiger partial charge on any atom is 0.405 e. The van der Waals surface area contributed by atoms with Crippen molar-refractivity contribution in [1.29, 1.82) is 0 Å². The molecular weight excluding hydrogens is 312 g/mol. The fourth-order valence-electron chi connectivity index (χ4n) is 1.74. The van der Waals surface area contributed by atoms with Crippen LogP contribution in [-0.4, -0.2) is 38.3 Å². The van der Waals surface area contributed by atoms with E-state index in [1.165, 1.54) is 17.9 Å². The number of rotatable bonds is 5.